The molecule has 0 nitrogen and oxygen atoms in total. The topological polar surface area (TPSA) is 0 Å². The number of aryl methyl sites for hydroxylation is 1. The highest BCUT2D eigenvalue weighted by Crippen LogP contribution is 2.53. The first-order chi connectivity index (χ1) is 6.80. The van der Waals surface area contributed by atoms with E-state index >= 15 is 0 Å². The second-order valence-corrected chi connectivity index (χ2v) is 4.83. The van der Waals surface area contributed by atoms with Crippen LogP contribution in [-0.4, -0.2) is 0 Å². The van der Waals surface area contributed by atoms with Crippen molar-refractivity contribution in [2.45, 2.75) is 32.1 Å². The van der Waals surface area contributed by atoms with Gasteiger partial charge in [0.1, 0.15) is 0 Å². The predicted molar refractivity (Wildman–Crippen MR) is 59.3 cm³/mol. The second-order valence-electron chi connectivity index (χ2n) is 4.83. The number of rotatable bonds is 0. The molecule has 0 unspecified atom stereocenters. The molecule has 1 aromatic rings. The molecule has 72 valence electrons. The minimum atomic E-state index is 0.508. The largest absolute Gasteiger partial charge is 0.0993 e. The van der Waals surface area contributed by atoms with Crippen molar-refractivity contribution in [1.82, 2.24) is 0 Å². The van der Waals surface area contributed by atoms with Gasteiger partial charge in [-0.2, -0.15) is 0 Å². The summed E-state index contributed by atoms with van der Waals surface area (Å²) < 4.78 is 0. The molecule has 0 aromatic heterocycles. The zero-order chi connectivity index (χ0) is 9.60. The average Bonchev–Trinajstić information content (AvgIpc) is 2.26. The summed E-state index contributed by atoms with van der Waals surface area (Å²) in [4.78, 5) is 0. The van der Waals surface area contributed by atoms with Crippen molar-refractivity contribution in [3.05, 3.63) is 47.5 Å². The maximum Gasteiger partial charge on any atom is -0.00441 e. The predicted octanol–water partition coefficient (Wildman–Crippen LogP) is 3.51. The van der Waals surface area contributed by atoms with Crippen LogP contribution < -0.4 is 0 Å². The molecule has 1 aromatic carbocycles. The molecule has 0 aliphatic heterocycles. The Kier molecular flexibility index (Phi) is 1.61. The fraction of sp³-hybridized carbons (Fsp3) is 0.429. The van der Waals surface area contributed by atoms with Gasteiger partial charge in [-0.3, -0.25) is 0 Å². The lowest BCUT2D eigenvalue weighted by atomic mass is 9.57. The molecule has 1 fully saturated rings. The van der Waals surface area contributed by atoms with E-state index in [-0.39, 0.29) is 0 Å². The summed E-state index contributed by atoms with van der Waals surface area (Å²) in [7, 11) is 0. The van der Waals surface area contributed by atoms with Crippen LogP contribution in [0.15, 0.2) is 36.4 Å². The van der Waals surface area contributed by atoms with Crippen molar-refractivity contribution in [3.63, 3.8) is 0 Å². The van der Waals surface area contributed by atoms with Gasteiger partial charge in [-0.25, -0.2) is 0 Å². The van der Waals surface area contributed by atoms with Gasteiger partial charge in [-0.1, -0.05) is 36.4 Å². The zero-order valence-corrected chi connectivity index (χ0v) is 8.55. The lowest BCUT2D eigenvalue weighted by molar-refractivity contribution is 0.207. The monoisotopic (exact) mass is 184 g/mol. The summed E-state index contributed by atoms with van der Waals surface area (Å²) in [5.41, 5.74) is 5.15. The Morgan fingerprint density at radius 3 is 2.36 bits per heavy atom. The molecule has 1 atom stereocenters. The summed E-state index contributed by atoms with van der Waals surface area (Å²) in [5.74, 6) is 0. The van der Waals surface area contributed by atoms with E-state index in [1.165, 1.54) is 37.7 Å². The van der Waals surface area contributed by atoms with Crippen LogP contribution in [-0.2, 0) is 12.8 Å². The third-order valence-electron chi connectivity index (χ3n) is 4.18. The van der Waals surface area contributed by atoms with Crippen molar-refractivity contribution in [2.75, 3.05) is 0 Å². The Balaban J connectivity index is 1.97. The van der Waals surface area contributed by atoms with E-state index in [4.69, 9.17) is 0 Å². The molecule has 0 N–H and O–H groups in total. The maximum atomic E-state index is 4.21. The van der Waals surface area contributed by atoms with E-state index in [1.807, 2.05) is 0 Å². The lowest BCUT2D eigenvalue weighted by Crippen LogP contribution is -2.37. The first kappa shape index (κ1) is 8.28. The number of allylic oxidation sites excluding steroid dienone is 1. The van der Waals surface area contributed by atoms with E-state index in [0.29, 0.717) is 5.41 Å². The molecule has 1 saturated carbocycles. The molecule has 0 heterocycles. The maximum absolute atomic E-state index is 4.21. The van der Waals surface area contributed by atoms with E-state index in [9.17, 15) is 0 Å². The van der Waals surface area contributed by atoms with Gasteiger partial charge in [0.2, 0.25) is 0 Å². The van der Waals surface area contributed by atoms with Gasteiger partial charge in [0.25, 0.3) is 0 Å². The Morgan fingerprint density at radius 1 is 1.00 bits per heavy atom. The Bertz CT molecular complexity index is 389. The molecule has 1 spiro atoms. The second kappa shape index (κ2) is 2.73. The number of benzene rings is 1. The molecule has 0 heteroatoms. The van der Waals surface area contributed by atoms with E-state index in [0.717, 1.165) is 0 Å². The summed E-state index contributed by atoms with van der Waals surface area (Å²) in [6.45, 7) is 4.21. The smallest absolute Gasteiger partial charge is 0.00441 e. The molecular weight excluding hydrogens is 168 g/mol. The first-order valence-corrected chi connectivity index (χ1v) is 5.55. The highest BCUT2D eigenvalue weighted by Gasteiger charge is 2.42. The van der Waals surface area contributed by atoms with E-state index < -0.39 is 0 Å². The van der Waals surface area contributed by atoms with Crippen LogP contribution in [0.25, 0.3) is 0 Å². The fourth-order valence-electron chi connectivity index (χ4n) is 2.97. The fourth-order valence-corrected chi connectivity index (χ4v) is 2.97. The zero-order valence-electron chi connectivity index (χ0n) is 8.55. The van der Waals surface area contributed by atoms with Crippen LogP contribution >= 0.6 is 0 Å². The summed E-state index contributed by atoms with van der Waals surface area (Å²) >= 11 is 0. The number of fused-ring (bicyclic) bond motifs is 1. The molecule has 0 amide bonds. The van der Waals surface area contributed by atoms with Gasteiger partial charge >= 0.3 is 0 Å². The summed E-state index contributed by atoms with van der Waals surface area (Å²) in [6, 6.07) is 8.90. The average molecular weight is 184 g/mol. The number of hydrogen-bond donors (Lipinski definition) is 0. The van der Waals surface area contributed by atoms with Gasteiger partial charge in [0.15, 0.2) is 0 Å². The highest BCUT2D eigenvalue weighted by molar-refractivity contribution is 5.36. The Hall–Kier alpha value is -1.04. The van der Waals surface area contributed by atoms with Gasteiger partial charge in [0.05, 0.1) is 0 Å². The van der Waals surface area contributed by atoms with Crippen LogP contribution in [0.4, 0.5) is 0 Å². The Labute approximate surface area is 85.6 Å². The normalized spacial score (nSPS) is 29.9. The Morgan fingerprint density at radius 2 is 1.71 bits per heavy atom. The third kappa shape index (κ3) is 1.00. The summed E-state index contributed by atoms with van der Waals surface area (Å²) in [5, 5.41) is 0. The van der Waals surface area contributed by atoms with Crippen molar-refractivity contribution in [1.29, 1.82) is 0 Å². The van der Waals surface area contributed by atoms with Gasteiger partial charge in [-0.15, -0.1) is 0 Å². The van der Waals surface area contributed by atoms with E-state index in [1.54, 1.807) is 11.1 Å². The van der Waals surface area contributed by atoms with Crippen molar-refractivity contribution in [3.8, 4) is 0 Å². The highest BCUT2D eigenvalue weighted by atomic mass is 14.5. The summed E-state index contributed by atoms with van der Waals surface area (Å²) in [6.07, 6.45) is 6.49. The standard InChI is InChI=1S/C14H16/c1-11-6-8-14(11)9-7-12-4-2-3-5-13(12)10-14/h2-5H,1,6-10H2/t14-/m1/s1. The molecule has 0 radical (unpaired) electrons. The van der Waals surface area contributed by atoms with E-state index in [2.05, 4.69) is 30.8 Å². The van der Waals surface area contributed by atoms with Crippen LogP contribution in [0, 0.1) is 5.41 Å². The van der Waals surface area contributed by atoms with Crippen LogP contribution in [0.5, 0.6) is 0 Å². The molecule has 0 saturated heterocycles. The quantitative estimate of drug-likeness (QED) is 0.541. The third-order valence-corrected chi connectivity index (χ3v) is 4.18. The minimum Gasteiger partial charge on any atom is -0.0993 e. The van der Waals surface area contributed by atoms with Crippen molar-refractivity contribution in [2.24, 2.45) is 5.41 Å². The van der Waals surface area contributed by atoms with Gasteiger partial charge in [0, 0.05) is 0 Å². The van der Waals surface area contributed by atoms with Crippen molar-refractivity contribution < 1.29 is 0 Å². The molecule has 2 aliphatic carbocycles. The molecule has 14 heavy (non-hydrogen) atoms. The first-order valence-electron chi connectivity index (χ1n) is 5.55. The van der Waals surface area contributed by atoms with Gasteiger partial charge in [-0.05, 0) is 48.6 Å². The van der Waals surface area contributed by atoms with Crippen LogP contribution in [0.3, 0.4) is 0 Å². The molecule has 2 aliphatic rings. The SMILES string of the molecule is C=C1CC[C@]12CCc1ccccc1C2. The number of hydrogen-bond acceptors (Lipinski definition) is 0. The molecular formula is C14H16. The molecule has 3 rings (SSSR count). The van der Waals surface area contributed by atoms with Gasteiger partial charge < -0.3 is 0 Å². The lowest BCUT2D eigenvalue weighted by Gasteiger charge is -2.47. The molecule has 0 bridgehead atoms. The van der Waals surface area contributed by atoms with Crippen molar-refractivity contribution >= 4 is 0 Å². The minimum absolute atomic E-state index is 0.508. The van der Waals surface area contributed by atoms with Crippen LogP contribution in [0.1, 0.15) is 30.4 Å². The van der Waals surface area contributed by atoms with Crippen LogP contribution in [0.2, 0.25) is 0 Å².